The van der Waals surface area contributed by atoms with Gasteiger partial charge in [-0.1, -0.05) is 5.92 Å². The Morgan fingerprint density at radius 1 is 1.39 bits per heavy atom. The number of hydrogen-bond donors (Lipinski definition) is 2. The summed E-state index contributed by atoms with van der Waals surface area (Å²) in [4.78, 5) is 0. The number of ether oxygens (including phenoxy) is 1. The molecule has 0 bridgehead atoms. The molecule has 4 heteroatoms. The minimum Gasteiger partial charge on any atom is -0.491 e. The first-order chi connectivity index (χ1) is 8.76. The van der Waals surface area contributed by atoms with Crippen molar-refractivity contribution >= 4 is 0 Å². The molecule has 1 aromatic carbocycles. The fourth-order valence-corrected chi connectivity index (χ4v) is 1.27. The van der Waals surface area contributed by atoms with Crippen molar-refractivity contribution in [3.63, 3.8) is 0 Å². The first-order valence-electron chi connectivity index (χ1n) is 5.67. The second-order valence-electron chi connectivity index (χ2n) is 3.66. The molecule has 0 fully saturated rings. The third-order valence-electron chi connectivity index (χ3n) is 2.20. The Hall–Kier alpha value is -2.01. The van der Waals surface area contributed by atoms with Gasteiger partial charge in [-0.25, -0.2) is 0 Å². The number of nitriles is 1. The molecule has 0 spiro atoms. The monoisotopic (exact) mass is 244 g/mol. The van der Waals surface area contributed by atoms with Crippen LogP contribution in [0.3, 0.4) is 0 Å². The summed E-state index contributed by atoms with van der Waals surface area (Å²) >= 11 is 0. The fraction of sp³-hybridized carbons (Fsp3) is 0.357. The second-order valence-corrected chi connectivity index (χ2v) is 3.66. The van der Waals surface area contributed by atoms with Gasteiger partial charge >= 0.3 is 0 Å². The summed E-state index contributed by atoms with van der Waals surface area (Å²) in [5.41, 5.74) is 0.586. The summed E-state index contributed by atoms with van der Waals surface area (Å²) in [5.74, 6) is 6.24. The van der Waals surface area contributed by atoms with Crippen molar-refractivity contribution < 1.29 is 9.84 Å². The van der Waals surface area contributed by atoms with E-state index in [-0.39, 0.29) is 6.61 Å². The molecule has 1 unspecified atom stereocenters. The van der Waals surface area contributed by atoms with Crippen molar-refractivity contribution in [2.24, 2.45) is 0 Å². The van der Waals surface area contributed by atoms with Gasteiger partial charge in [0.25, 0.3) is 0 Å². The molecule has 1 rings (SSSR count). The highest BCUT2D eigenvalue weighted by Gasteiger charge is 2.04. The molecule has 1 atom stereocenters. The molecule has 0 radical (unpaired) electrons. The minimum atomic E-state index is -0.584. The topological polar surface area (TPSA) is 65.3 Å². The summed E-state index contributed by atoms with van der Waals surface area (Å²) in [6, 6.07) is 8.81. The molecule has 0 aliphatic heterocycles. The van der Waals surface area contributed by atoms with Gasteiger partial charge in [0.05, 0.1) is 18.2 Å². The third-order valence-corrected chi connectivity index (χ3v) is 2.20. The first-order valence-corrected chi connectivity index (χ1v) is 5.67. The molecule has 0 saturated carbocycles. The maximum absolute atomic E-state index is 9.62. The lowest BCUT2D eigenvalue weighted by molar-refractivity contribution is 0.107. The third kappa shape index (κ3) is 5.36. The maximum Gasteiger partial charge on any atom is 0.119 e. The Morgan fingerprint density at radius 2 is 2.11 bits per heavy atom. The van der Waals surface area contributed by atoms with Crippen LogP contribution in [0.5, 0.6) is 5.75 Å². The van der Waals surface area contributed by atoms with Crippen LogP contribution < -0.4 is 10.1 Å². The van der Waals surface area contributed by atoms with Gasteiger partial charge in [-0.15, -0.1) is 5.92 Å². The van der Waals surface area contributed by atoms with E-state index in [1.807, 2.05) is 6.07 Å². The SMILES string of the molecule is CC#CCNCC(O)COc1ccc(C#N)cc1. The highest BCUT2D eigenvalue weighted by Crippen LogP contribution is 2.11. The van der Waals surface area contributed by atoms with Crippen molar-refractivity contribution in [1.82, 2.24) is 5.32 Å². The minimum absolute atomic E-state index is 0.207. The van der Waals surface area contributed by atoms with Gasteiger partial charge in [0.1, 0.15) is 18.5 Å². The lowest BCUT2D eigenvalue weighted by Crippen LogP contribution is -2.31. The molecule has 0 saturated heterocycles. The molecule has 0 aliphatic rings. The van der Waals surface area contributed by atoms with E-state index in [0.29, 0.717) is 24.4 Å². The summed E-state index contributed by atoms with van der Waals surface area (Å²) in [7, 11) is 0. The predicted molar refractivity (Wildman–Crippen MR) is 69.0 cm³/mol. The molecule has 1 aromatic rings. The zero-order valence-electron chi connectivity index (χ0n) is 10.3. The van der Waals surface area contributed by atoms with Crippen molar-refractivity contribution in [3.8, 4) is 23.7 Å². The average Bonchev–Trinajstić information content (AvgIpc) is 2.42. The molecule has 0 heterocycles. The second kappa shape index (κ2) is 8.14. The lowest BCUT2D eigenvalue weighted by atomic mass is 10.2. The zero-order chi connectivity index (χ0) is 13.2. The van der Waals surface area contributed by atoms with E-state index < -0.39 is 6.10 Å². The molecule has 0 aliphatic carbocycles. The summed E-state index contributed by atoms with van der Waals surface area (Å²) in [6.45, 7) is 2.97. The quantitative estimate of drug-likeness (QED) is 0.576. The number of nitrogens with zero attached hydrogens (tertiary/aromatic N) is 1. The van der Waals surface area contributed by atoms with E-state index in [1.165, 1.54) is 0 Å². The highest BCUT2D eigenvalue weighted by molar-refractivity contribution is 5.34. The van der Waals surface area contributed by atoms with Gasteiger partial charge in [0.2, 0.25) is 0 Å². The van der Waals surface area contributed by atoms with Crippen LogP contribution in [0.1, 0.15) is 12.5 Å². The summed E-state index contributed by atoms with van der Waals surface area (Å²) in [5, 5.41) is 21.3. The van der Waals surface area contributed by atoms with Gasteiger partial charge in [-0.2, -0.15) is 5.26 Å². The number of hydrogen-bond acceptors (Lipinski definition) is 4. The van der Waals surface area contributed by atoms with E-state index >= 15 is 0 Å². The van der Waals surface area contributed by atoms with Gasteiger partial charge in [0.15, 0.2) is 0 Å². The molecular weight excluding hydrogens is 228 g/mol. The predicted octanol–water partition coefficient (Wildman–Crippen LogP) is 0.911. The Bertz CT molecular complexity index is 451. The van der Waals surface area contributed by atoms with E-state index in [4.69, 9.17) is 10.00 Å². The summed E-state index contributed by atoms with van der Waals surface area (Å²) < 4.78 is 5.39. The number of nitrogens with one attached hydrogen (secondary N) is 1. The standard InChI is InChI=1S/C14H16N2O2/c1-2-3-8-16-10-13(17)11-18-14-6-4-12(9-15)5-7-14/h4-7,13,16-17H,8,10-11H2,1H3. The lowest BCUT2D eigenvalue weighted by Gasteiger charge is -2.12. The van der Waals surface area contributed by atoms with Crippen LogP contribution in [0.2, 0.25) is 0 Å². The molecular formula is C14H16N2O2. The smallest absolute Gasteiger partial charge is 0.119 e. The van der Waals surface area contributed by atoms with Gasteiger partial charge < -0.3 is 15.2 Å². The maximum atomic E-state index is 9.62. The van der Waals surface area contributed by atoms with E-state index in [0.717, 1.165) is 0 Å². The fourth-order valence-electron chi connectivity index (χ4n) is 1.27. The average molecular weight is 244 g/mol. The van der Waals surface area contributed by atoms with Crippen LogP contribution >= 0.6 is 0 Å². The van der Waals surface area contributed by atoms with Crippen LogP contribution in [0.15, 0.2) is 24.3 Å². The van der Waals surface area contributed by atoms with Crippen LogP contribution in [-0.4, -0.2) is 30.9 Å². The molecule has 2 N–H and O–H groups in total. The van der Waals surface area contributed by atoms with Gasteiger partial charge in [-0.3, -0.25) is 0 Å². The Balaban J connectivity index is 2.26. The number of aliphatic hydroxyl groups excluding tert-OH is 1. The van der Waals surface area contributed by atoms with Crippen molar-refractivity contribution in [2.45, 2.75) is 13.0 Å². The van der Waals surface area contributed by atoms with Crippen LogP contribution in [0.25, 0.3) is 0 Å². The first kappa shape index (κ1) is 14.1. The Kier molecular flexibility index (Phi) is 6.35. The van der Waals surface area contributed by atoms with Gasteiger partial charge in [0, 0.05) is 6.54 Å². The van der Waals surface area contributed by atoms with Crippen LogP contribution in [-0.2, 0) is 0 Å². The van der Waals surface area contributed by atoms with Crippen molar-refractivity contribution in [2.75, 3.05) is 19.7 Å². The highest BCUT2D eigenvalue weighted by atomic mass is 16.5. The van der Waals surface area contributed by atoms with Crippen molar-refractivity contribution in [1.29, 1.82) is 5.26 Å². The number of aliphatic hydroxyl groups is 1. The zero-order valence-corrected chi connectivity index (χ0v) is 10.3. The molecule has 0 amide bonds. The molecule has 18 heavy (non-hydrogen) atoms. The van der Waals surface area contributed by atoms with Gasteiger partial charge in [-0.05, 0) is 31.2 Å². The molecule has 0 aromatic heterocycles. The number of rotatable bonds is 6. The summed E-state index contributed by atoms with van der Waals surface area (Å²) in [6.07, 6.45) is -0.584. The van der Waals surface area contributed by atoms with E-state index in [9.17, 15) is 5.11 Å². The van der Waals surface area contributed by atoms with Crippen molar-refractivity contribution in [3.05, 3.63) is 29.8 Å². The van der Waals surface area contributed by atoms with Crippen LogP contribution in [0, 0.1) is 23.2 Å². The largest absolute Gasteiger partial charge is 0.491 e. The van der Waals surface area contributed by atoms with Crippen LogP contribution in [0.4, 0.5) is 0 Å². The number of benzene rings is 1. The Morgan fingerprint density at radius 3 is 2.72 bits per heavy atom. The van der Waals surface area contributed by atoms with E-state index in [2.05, 4.69) is 17.2 Å². The Labute approximate surface area is 107 Å². The molecule has 94 valence electrons. The normalized spacial score (nSPS) is 10.9. The van der Waals surface area contributed by atoms with E-state index in [1.54, 1.807) is 31.2 Å². The molecule has 4 nitrogen and oxygen atoms in total.